The van der Waals surface area contributed by atoms with Gasteiger partial charge in [-0.3, -0.25) is 52.7 Å². The predicted molar refractivity (Wildman–Crippen MR) is 250 cm³/mol. The molecule has 9 atom stereocenters. The molecule has 0 radical (unpaired) electrons. The number of hydrogen-bond acceptors (Lipinski definition) is 14. The molecule has 2 aliphatic heterocycles. The van der Waals surface area contributed by atoms with Gasteiger partial charge in [0, 0.05) is 25.1 Å². The van der Waals surface area contributed by atoms with E-state index in [4.69, 9.17) is 22.3 Å². The van der Waals surface area contributed by atoms with Crippen LogP contribution in [0.1, 0.15) is 84.6 Å². The smallest absolute Gasteiger partial charge is 0.322 e. The highest BCUT2D eigenvalue weighted by Gasteiger charge is 2.41. The Hall–Kier alpha value is -6.50. The summed E-state index contributed by atoms with van der Waals surface area (Å²) in [4.78, 5) is 148. The summed E-state index contributed by atoms with van der Waals surface area (Å²) < 4.78 is 0. The number of rotatable bonds is 17. The molecule has 24 nitrogen and oxygen atoms in total. The summed E-state index contributed by atoms with van der Waals surface area (Å²) in [5.41, 5.74) is 17.8. The largest absolute Gasteiger partial charge is 0.508 e. The van der Waals surface area contributed by atoms with Gasteiger partial charge in [0.05, 0.1) is 12.5 Å². The number of phenolic OH excluding ortho intramolecular Hbond substituents is 1. The minimum Gasteiger partial charge on any atom is -0.508 e. The van der Waals surface area contributed by atoms with E-state index in [2.05, 4.69) is 37.2 Å². The van der Waals surface area contributed by atoms with Gasteiger partial charge in [-0.2, -0.15) is 11.8 Å². The molecule has 1 aromatic carbocycles. The van der Waals surface area contributed by atoms with Crippen molar-refractivity contribution in [2.45, 2.75) is 134 Å². The van der Waals surface area contributed by atoms with Crippen molar-refractivity contribution in [1.82, 2.24) is 42.1 Å². The van der Waals surface area contributed by atoms with Gasteiger partial charge in [-0.15, -0.1) is 0 Å². The molecule has 382 valence electrons. The van der Waals surface area contributed by atoms with E-state index in [0.717, 1.165) is 11.8 Å². The van der Waals surface area contributed by atoms with E-state index in [0.29, 0.717) is 18.4 Å². The van der Waals surface area contributed by atoms with Gasteiger partial charge >= 0.3 is 5.97 Å². The van der Waals surface area contributed by atoms with E-state index in [9.17, 15) is 57.8 Å². The molecule has 15 N–H and O–H groups in total. The highest BCUT2D eigenvalue weighted by atomic mass is 32.2. The molecule has 1 aromatic rings. The molecular formula is C44H67N11O13S. The van der Waals surface area contributed by atoms with Crippen molar-refractivity contribution < 1.29 is 63.0 Å². The van der Waals surface area contributed by atoms with Crippen molar-refractivity contribution in [3.05, 3.63) is 29.8 Å². The van der Waals surface area contributed by atoms with Crippen molar-refractivity contribution in [1.29, 1.82) is 0 Å². The van der Waals surface area contributed by atoms with Gasteiger partial charge in [0.25, 0.3) is 0 Å². The van der Waals surface area contributed by atoms with Crippen LogP contribution in [0.2, 0.25) is 0 Å². The molecule has 0 spiro atoms. The maximum Gasteiger partial charge on any atom is 0.322 e. The average Bonchev–Trinajstić information content (AvgIpc) is 3.78. The van der Waals surface area contributed by atoms with Crippen molar-refractivity contribution in [2.24, 2.45) is 29.0 Å². The fourth-order valence-corrected chi connectivity index (χ4v) is 8.61. The van der Waals surface area contributed by atoms with Crippen LogP contribution in [0.25, 0.3) is 0 Å². The number of carbonyl (C=O) groups excluding carboxylic acids is 10. The van der Waals surface area contributed by atoms with Crippen LogP contribution in [0.5, 0.6) is 5.75 Å². The van der Waals surface area contributed by atoms with Crippen molar-refractivity contribution in [3.8, 4) is 5.75 Å². The third kappa shape index (κ3) is 18.5. The monoisotopic (exact) mass is 989 g/mol. The summed E-state index contributed by atoms with van der Waals surface area (Å²) in [6, 6.07) is -5.08. The van der Waals surface area contributed by atoms with Crippen molar-refractivity contribution in [3.63, 3.8) is 0 Å². The van der Waals surface area contributed by atoms with Gasteiger partial charge in [0.1, 0.15) is 54.6 Å². The Labute approximate surface area is 403 Å². The van der Waals surface area contributed by atoms with E-state index >= 15 is 0 Å². The number of aliphatic carboxylic acids is 1. The zero-order valence-electron chi connectivity index (χ0n) is 39.2. The first-order chi connectivity index (χ1) is 32.5. The summed E-state index contributed by atoms with van der Waals surface area (Å²) in [6.07, 6.45) is -0.779. The maximum atomic E-state index is 14.5. The van der Waals surface area contributed by atoms with E-state index in [1.54, 1.807) is 27.7 Å². The molecule has 2 aliphatic rings. The summed E-state index contributed by atoms with van der Waals surface area (Å²) in [5.74, 6) is -10.8. The number of nitrogens with two attached hydrogens (primary N) is 3. The third-order valence-electron chi connectivity index (χ3n) is 11.6. The van der Waals surface area contributed by atoms with Gasteiger partial charge < -0.3 is 69.5 Å². The SMILES string of the molecule is CC[C@H](C)[C@@H]1NC(=O)[C@H](Cc2ccc(O)cc2)NC(=O)[C@H](N)CCSC[C@@H](C(=O)N2CCC[C@H]2C(=O)N[C@@H](CC(C)C)C(=O)NCC(=O)O)NC(=O)[C@H](CC(N)=O)NC(=O)[C@H](CCC(N)=O)NC1=O. The lowest BCUT2D eigenvalue weighted by atomic mass is 9.96. The number of nitrogens with one attached hydrogen (secondary N) is 7. The van der Waals surface area contributed by atoms with Crippen LogP contribution in [0.4, 0.5) is 0 Å². The summed E-state index contributed by atoms with van der Waals surface area (Å²) >= 11 is 1.08. The molecule has 0 bridgehead atoms. The number of primary amides is 2. The van der Waals surface area contributed by atoms with Gasteiger partial charge in [-0.25, -0.2) is 0 Å². The topological polar surface area (TPSA) is 394 Å². The zero-order valence-corrected chi connectivity index (χ0v) is 40.1. The van der Waals surface area contributed by atoms with Gasteiger partial charge in [-0.1, -0.05) is 46.2 Å². The number of carboxylic acids is 1. The molecule has 2 saturated heterocycles. The molecule has 3 rings (SSSR count). The minimum absolute atomic E-state index is 0.0141. The number of benzene rings is 1. The zero-order chi connectivity index (χ0) is 51.5. The molecule has 25 heteroatoms. The van der Waals surface area contributed by atoms with Crippen molar-refractivity contribution >= 4 is 76.8 Å². The van der Waals surface area contributed by atoms with E-state index < -0.39 is 145 Å². The Kier molecular flexibility index (Phi) is 22.6. The number of aromatic hydroxyl groups is 1. The molecule has 0 saturated carbocycles. The van der Waals surface area contributed by atoms with Crippen LogP contribution < -0.4 is 54.4 Å². The molecule has 0 aliphatic carbocycles. The van der Waals surface area contributed by atoms with Gasteiger partial charge in [0.15, 0.2) is 0 Å². The third-order valence-corrected chi connectivity index (χ3v) is 12.6. The molecule has 10 amide bonds. The lowest BCUT2D eigenvalue weighted by Crippen LogP contribution is -2.61. The van der Waals surface area contributed by atoms with E-state index in [1.165, 1.54) is 29.2 Å². The quantitative estimate of drug-likeness (QED) is 0.0729. The Balaban J connectivity index is 2.05. The normalized spacial score (nSPS) is 24.3. The standard InChI is InChI=1S/C44H67N11O13S/c1-5-23(4)36-43(67)49-27(12-13-33(46)57)39(63)51-30(19-34(47)58)40(64)53-31(21-69-16-14-26(45)37(61)50-29(41(65)54-36)18-24-8-10-25(56)11-9-24)44(68)55-15-6-7-32(55)42(66)52-28(17-22(2)3)38(62)48-20-35(59)60/h8-11,22-23,26-32,36,56H,5-7,12-21,45H2,1-4H3,(H2,46,57)(H2,47,58)(H,48,62)(H,49,67)(H,50,61)(H,51,63)(H,52,66)(H,53,64)(H,54,65)(H,59,60)/t23-,26+,27-,28-,29-,30-,31-,32-,36-/m0/s1. The van der Waals surface area contributed by atoms with Crippen LogP contribution in [-0.2, 0) is 59.2 Å². The highest BCUT2D eigenvalue weighted by molar-refractivity contribution is 7.99. The molecule has 2 heterocycles. The molecule has 69 heavy (non-hydrogen) atoms. The Morgan fingerprint density at radius 3 is 2.06 bits per heavy atom. The first-order valence-electron chi connectivity index (χ1n) is 22.8. The minimum atomic E-state index is -1.75. The number of phenols is 1. The lowest BCUT2D eigenvalue weighted by molar-refractivity contribution is -0.142. The second-order valence-electron chi connectivity index (χ2n) is 17.6. The summed E-state index contributed by atoms with van der Waals surface area (Å²) in [7, 11) is 0. The number of amides is 10. The Morgan fingerprint density at radius 1 is 0.826 bits per heavy atom. The van der Waals surface area contributed by atoms with Crippen LogP contribution >= 0.6 is 11.8 Å². The fraction of sp³-hybridized carbons (Fsp3) is 0.614. The second kappa shape index (κ2) is 27.5. The predicted octanol–water partition coefficient (Wildman–Crippen LogP) is -3.27. The highest BCUT2D eigenvalue weighted by Crippen LogP contribution is 2.22. The fourth-order valence-electron chi connectivity index (χ4n) is 7.56. The van der Waals surface area contributed by atoms with Crippen LogP contribution in [0, 0.1) is 11.8 Å². The number of thioether (sulfide) groups is 1. The second-order valence-corrected chi connectivity index (χ2v) is 18.8. The summed E-state index contributed by atoms with van der Waals surface area (Å²) in [6.45, 7) is 6.32. The number of nitrogens with zero attached hydrogens (tertiary/aromatic N) is 1. The maximum absolute atomic E-state index is 14.5. The summed E-state index contributed by atoms with van der Waals surface area (Å²) in [5, 5.41) is 36.6. The molecule has 0 aromatic heterocycles. The van der Waals surface area contributed by atoms with Crippen LogP contribution in [0.15, 0.2) is 24.3 Å². The molecular weight excluding hydrogens is 923 g/mol. The average molecular weight is 990 g/mol. The van der Waals surface area contributed by atoms with Crippen molar-refractivity contribution in [2.75, 3.05) is 24.6 Å². The van der Waals surface area contributed by atoms with E-state index in [1.807, 2.05) is 0 Å². The van der Waals surface area contributed by atoms with Gasteiger partial charge in [0.2, 0.25) is 59.1 Å². The van der Waals surface area contributed by atoms with Crippen LogP contribution in [0.3, 0.4) is 0 Å². The molecule has 2 fully saturated rings. The first-order valence-corrected chi connectivity index (χ1v) is 24.0. The Bertz CT molecular complexity index is 2040. The number of carbonyl (C=O) groups is 11. The lowest BCUT2D eigenvalue weighted by Gasteiger charge is -2.31. The molecule has 0 unspecified atom stereocenters. The Morgan fingerprint density at radius 2 is 1.45 bits per heavy atom. The van der Waals surface area contributed by atoms with Crippen LogP contribution in [-0.4, -0.2) is 153 Å². The number of carboxylic acid groups (broad SMARTS) is 1. The number of hydrogen-bond donors (Lipinski definition) is 12. The first kappa shape index (κ1) is 56.8. The number of likely N-dealkylation sites (tertiary alicyclic amines) is 1. The van der Waals surface area contributed by atoms with E-state index in [-0.39, 0.29) is 55.4 Å². The van der Waals surface area contributed by atoms with Gasteiger partial charge in [-0.05, 0) is 67.4 Å².